The van der Waals surface area contributed by atoms with Gasteiger partial charge in [0.2, 0.25) is 5.78 Å². The number of Topliss-reactive ketones (excluding diaryl/α,β-unsaturated/α-hetero) is 2. The van der Waals surface area contributed by atoms with Crippen molar-refractivity contribution in [2.24, 2.45) is 34.5 Å². The van der Waals surface area contributed by atoms with E-state index in [0.717, 1.165) is 38.5 Å². The predicted molar refractivity (Wildman–Crippen MR) is 105 cm³/mol. The number of esters is 1. The number of hydrogen-bond donors (Lipinski definition) is 2. The molecule has 4 saturated carbocycles. The molecule has 4 rings (SSSR count). The van der Waals surface area contributed by atoms with E-state index >= 15 is 0 Å². The fourth-order valence-corrected chi connectivity index (χ4v) is 7.80. The Kier molecular flexibility index (Phi) is 4.97. The molecule has 6 heteroatoms. The van der Waals surface area contributed by atoms with Gasteiger partial charge in [0, 0.05) is 24.7 Å². The minimum absolute atomic E-state index is 0.0438. The average molecular weight is 407 g/mol. The molecule has 162 valence electrons. The van der Waals surface area contributed by atoms with Gasteiger partial charge in [-0.3, -0.25) is 14.4 Å². The third kappa shape index (κ3) is 2.93. The normalized spacial score (nSPS) is 49.0. The molecule has 0 spiro atoms. The van der Waals surface area contributed by atoms with Crippen molar-refractivity contribution >= 4 is 17.5 Å². The van der Waals surface area contributed by atoms with Gasteiger partial charge in [-0.25, -0.2) is 0 Å². The van der Waals surface area contributed by atoms with Crippen LogP contribution in [0.1, 0.15) is 72.1 Å². The third-order valence-electron chi connectivity index (χ3n) is 9.35. The summed E-state index contributed by atoms with van der Waals surface area (Å²) in [5, 5.41) is 21.6. The summed E-state index contributed by atoms with van der Waals surface area (Å²) in [5.41, 5.74) is -2.52. The molecule has 4 fully saturated rings. The van der Waals surface area contributed by atoms with Crippen LogP contribution in [0, 0.1) is 34.5 Å². The highest BCUT2D eigenvalue weighted by atomic mass is 16.5. The number of ketones is 2. The Morgan fingerprint density at radius 1 is 1.14 bits per heavy atom. The quantitative estimate of drug-likeness (QED) is 0.698. The molecule has 0 saturated heterocycles. The SMILES string of the molecule is CC(=O)OCC(=O)[C@@]1(O)CC[C@H]2[C@@H]3CC[C@@H]4C[C@@H](O)CC[C@]4(C)[C@H]3C(=O)C[C@@]21C. The summed E-state index contributed by atoms with van der Waals surface area (Å²) in [7, 11) is 0. The minimum Gasteiger partial charge on any atom is -0.458 e. The van der Waals surface area contributed by atoms with E-state index in [1.807, 2.05) is 6.92 Å². The smallest absolute Gasteiger partial charge is 0.303 e. The first kappa shape index (κ1) is 21.0. The summed E-state index contributed by atoms with van der Waals surface area (Å²) in [6.07, 6.45) is 5.28. The maximum absolute atomic E-state index is 13.5. The van der Waals surface area contributed by atoms with Gasteiger partial charge >= 0.3 is 5.97 Å². The summed E-state index contributed by atoms with van der Waals surface area (Å²) in [6.45, 7) is 4.93. The van der Waals surface area contributed by atoms with Crippen LogP contribution in [-0.4, -0.2) is 46.1 Å². The summed E-state index contributed by atoms with van der Waals surface area (Å²) in [5.74, 6) is -0.256. The van der Waals surface area contributed by atoms with E-state index in [2.05, 4.69) is 6.92 Å². The van der Waals surface area contributed by atoms with Gasteiger partial charge in [-0.05, 0) is 68.1 Å². The Balaban J connectivity index is 1.63. The molecule has 8 atom stereocenters. The first-order valence-electron chi connectivity index (χ1n) is 11.1. The number of aliphatic hydroxyl groups excluding tert-OH is 1. The van der Waals surface area contributed by atoms with E-state index < -0.39 is 29.4 Å². The van der Waals surface area contributed by atoms with Gasteiger partial charge in [-0.2, -0.15) is 0 Å². The summed E-state index contributed by atoms with van der Waals surface area (Å²) in [6, 6.07) is 0. The number of rotatable bonds is 3. The molecule has 6 nitrogen and oxygen atoms in total. The lowest BCUT2D eigenvalue weighted by atomic mass is 9.44. The fourth-order valence-electron chi connectivity index (χ4n) is 7.80. The van der Waals surface area contributed by atoms with Crippen LogP contribution >= 0.6 is 0 Å². The standard InChI is InChI=1S/C23H34O6/c1-13(24)29-12-19(27)23(28)9-7-17-16-5-4-14-10-15(25)6-8-21(14,2)20(16)18(26)11-22(17,23)3/h14-17,20,25,28H,4-12H2,1-3H3/t14-,15+,16+,17+,20-,21+,22+,23+/m1/s1. The lowest BCUT2D eigenvalue weighted by molar-refractivity contribution is -0.181. The highest BCUT2D eigenvalue weighted by Gasteiger charge is 2.69. The second kappa shape index (κ2) is 6.88. The molecule has 0 aromatic carbocycles. The first-order chi connectivity index (χ1) is 13.5. The van der Waals surface area contributed by atoms with Crippen LogP contribution in [0.5, 0.6) is 0 Å². The summed E-state index contributed by atoms with van der Waals surface area (Å²) < 4.78 is 4.88. The molecule has 0 radical (unpaired) electrons. The van der Waals surface area contributed by atoms with Crippen molar-refractivity contribution in [3.63, 3.8) is 0 Å². The summed E-state index contributed by atoms with van der Waals surface area (Å²) in [4.78, 5) is 37.5. The van der Waals surface area contributed by atoms with Crippen molar-refractivity contribution in [2.45, 2.75) is 83.8 Å². The molecule has 29 heavy (non-hydrogen) atoms. The monoisotopic (exact) mass is 406 g/mol. The highest BCUT2D eigenvalue weighted by Crippen LogP contribution is 2.67. The molecule has 2 N–H and O–H groups in total. The van der Waals surface area contributed by atoms with Crippen molar-refractivity contribution < 1.29 is 29.3 Å². The molecule has 0 bridgehead atoms. The lowest BCUT2D eigenvalue weighted by Gasteiger charge is -2.60. The van der Waals surface area contributed by atoms with Gasteiger partial charge < -0.3 is 14.9 Å². The number of carbonyl (C=O) groups excluding carboxylic acids is 3. The van der Waals surface area contributed by atoms with Crippen molar-refractivity contribution in [2.75, 3.05) is 6.61 Å². The molecule has 4 aliphatic carbocycles. The molecule has 0 aromatic rings. The van der Waals surface area contributed by atoms with Crippen molar-refractivity contribution in [3.8, 4) is 0 Å². The van der Waals surface area contributed by atoms with Crippen LogP contribution in [-0.2, 0) is 19.1 Å². The second-order valence-corrected chi connectivity index (χ2v) is 10.6. The van der Waals surface area contributed by atoms with Gasteiger partial charge in [0.25, 0.3) is 0 Å². The van der Waals surface area contributed by atoms with E-state index in [1.165, 1.54) is 6.92 Å². The minimum atomic E-state index is -1.62. The first-order valence-corrected chi connectivity index (χ1v) is 11.1. The third-order valence-corrected chi connectivity index (χ3v) is 9.35. The van der Waals surface area contributed by atoms with Crippen LogP contribution in [0.2, 0.25) is 0 Å². The summed E-state index contributed by atoms with van der Waals surface area (Å²) >= 11 is 0. The average Bonchev–Trinajstić information content (AvgIpc) is 2.91. The van der Waals surface area contributed by atoms with Crippen LogP contribution in [0.15, 0.2) is 0 Å². The van der Waals surface area contributed by atoms with Gasteiger partial charge in [0.05, 0.1) is 6.10 Å². The van der Waals surface area contributed by atoms with E-state index in [9.17, 15) is 24.6 Å². The van der Waals surface area contributed by atoms with Gasteiger partial charge in [-0.1, -0.05) is 13.8 Å². The van der Waals surface area contributed by atoms with Crippen molar-refractivity contribution in [3.05, 3.63) is 0 Å². The molecular weight excluding hydrogens is 372 g/mol. The van der Waals surface area contributed by atoms with Gasteiger partial charge in [0.1, 0.15) is 11.4 Å². The molecule has 0 amide bonds. The largest absolute Gasteiger partial charge is 0.458 e. The predicted octanol–water partition coefficient (Wildman–Crippen LogP) is 2.43. The Morgan fingerprint density at radius 3 is 2.55 bits per heavy atom. The molecule has 0 heterocycles. The number of hydrogen-bond acceptors (Lipinski definition) is 6. The van der Waals surface area contributed by atoms with Crippen LogP contribution < -0.4 is 0 Å². The van der Waals surface area contributed by atoms with Gasteiger partial charge in [-0.15, -0.1) is 0 Å². The number of aliphatic hydroxyl groups is 2. The topological polar surface area (TPSA) is 101 Å². The Bertz CT molecular complexity index is 733. The Morgan fingerprint density at radius 2 is 1.86 bits per heavy atom. The second-order valence-electron chi connectivity index (χ2n) is 10.6. The highest BCUT2D eigenvalue weighted by molar-refractivity contribution is 5.93. The fraction of sp³-hybridized carbons (Fsp3) is 0.870. The molecular formula is C23H34O6. The number of carbonyl (C=O) groups is 3. The van der Waals surface area contributed by atoms with Crippen molar-refractivity contribution in [1.29, 1.82) is 0 Å². The van der Waals surface area contributed by atoms with E-state index in [4.69, 9.17) is 4.74 Å². The van der Waals surface area contributed by atoms with Crippen molar-refractivity contribution in [1.82, 2.24) is 0 Å². The van der Waals surface area contributed by atoms with E-state index in [1.54, 1.807) is 0 Å². The Hall–Kier alpha value is -1.27. The zero-order valence-electron chi connectivity index (χ0n) is 17.8. The zero-order chi connectivity index (χ0) is 21.2. The van der Waals surface area contributed by atoms with Crippen LogP contribution in [0.4, 0.5) is 0 Å². The van der Waals surface area contributed by atoms with Crippen LogP contribution in [0.25, 0.3) is 0 Å². The molecule has 4 aliphatic rings. The van der Waals surface area contributed by atoms with Crippen LogP contribution in [0.3, 0.4) is 0 Å². The number of fused-ring (bicyclic) bond motifs is 5. The van der Waals surface area contributed by atoms with E-state index in [-0.39, 0.29) is 41.5 Å². The Labute approximate surface area is 172 Å². The lowest BCUT2D eigenvalue weighted by Crippen LogP contribution is -2.62. The molecule has 0 unspecified atom stereocenters. The van der Waals surface area contributed by atoms with Gasteiger partial charge in [0.15, 0.2) is 6.61 Å². The molecule has 0 aliphatic heterocycles. The maximum Gasteiger partial charge on any atom is 0.303 e. The number of ether oxygens (including phenoxy) is 1. The zero-order valence-corrected chi connectivity index (χ0v) is 17.8. The van der Waals surface area contributed by atoms with E-state index in [0.29, 0.717) is 12.3 Å². The molecule has 0 aromatic heterocycles. The maximum atomic E-state index is 13.5.